The Morgan fingerprint density at radius 1 is 0.914 bits per heavy atom. The third-order valence-corrected chi connectivity index (χ3v) is 6.12. The summed E-state index contributed by atoms with van der Waals surface area (Å²) < 4.78 is 0. The van der Waals surface area contributed by atoms with Gasteiger partial charge in [0.15, 0.2) is 5.13 Å². The third-order valence-electron chi connectivity index (χ3n) is 5.27. The van der Waals surface area contributed by atoms with Gasteiger partial charge in [-0.1, -0.05) is 48.5 Å². The highest BCUT2D eigenvalue weighted by molar-refractivity contribution is 7.14. The van der Waals surface area contributed by atoms with Gasteiger partial charge in [-0.05, 0) is 48.0 Å². The highest BCUT2D eigenvalue weighted by Crippen LogP contribution is 2.29. The Hall–Kier alpha value is -4.23. The molecule has 0 saturated carbocycles. The van der Waals surface area contributed by atoms with E-state index in [9.17, 15) is 9.59 Å². The molecule has 0 radical (unpaired) electrons. The van der Waals surface area contributed by atoms with E-state index in [2.05, 4.69) is 27.3 Å². The molecule has 6 nitrogen and oxygen atoms in total. The van der Waals surface area contributed by atoms with Gasteiger partial charge in [-0.25, -0.2) is 4.98 Å². The van der Waals surface area contributed by atoms with Crippen molar-refractivity contribution in [3.05, 3.63) is 108 Å². The summed E-state index contributed by atoms with van der Waals surface area (Å²) in [6.07, 6.45) is 3.08. The van der Waals surface area contributed by atoms with Crippen molar-refractivity contribution in [3.8, 4) is 0 Å². The fraction of sp³-hybridized carbons (Fsp3) is 0.107. The first-order valence-electron chi connectivity index (χ1n) is 11.1. The van der Waals surface area contributed by atoms with Crippen molar-refractivity contribution in [1.82, 2.24) is 4.98 Å². The van der Waals surface area contributed by atoms with E-state index in [0.717, 1.165) is 17.9 Å². The highest BCUT2D eigenvalue weighted by Gasteiger charge is 2.17. The minimum absolute atomic E-state index is 0.128. The number of carbonyl (C=O) groups is 2. The summed E-state index contributed by atoms with van der Waals surface area (Å²) in [5.41, 5.74) is 4.37. The second-order valence-electron chi connectivity index (χ2n) is 7.96. The molecule has 0 aliphatic carbocycles. The number of amides is 2. The number of benzene rings is 3. The van der Waals surface area contributed by atoms with E-state index < -0.39 is 0 Å². The van der Waals surface area contributed by atoms with Crippen LogP contribution >= 0.6 is 11.3 Å². The van der Waals surface area contributed by atoms with Crippen LogP contribution in [0.1, 0.15) is 18.2 Å². The molecule has 0 aliphatic heterocycles. The van der Waals surface area contributed by atoms with Gasteiger partial charge in [0, 0.05) is 43.3 Å². The molecule has 1 aromatic heterocycles. The predicted molar refractivity (Wildman–Crippen MR) is 144 cm³/mol. The molecule has 7 heteroatoms. The van der Waals surface area contributed by atoms with Gasteiger partial charge in [-0.15, -0.1) is 11.3 Å². The monoisotopic (exact) mass is 482 g/mol. The topological polar surface area (TPSA) is 65.5 Å². The first-order valence-corrected chi connectivity index (χ1v) is 12.0. The van der Waals surface area contributed by atoms with Crippen LogP contribution in [-0.2, 0) is 16.1 Å². The average Bonchev–Trinajstić information content (AvgIpc) is 3.33. The molecule has 2 amide bonds. The van der Waals surface area contributed by atoms with E-state index in [1.807, 2.05) is 85.2 Å². The zero-order chi connectivity index (χ0) is 24.6. The summed E-state index contributed by atoms with van der Waals surface area (Å²) in [5, 5.41) is 5.24. The lowest BCUT2D eigenvalue weighted by atomic mass is 10.2. The van der Waals surface area contributed by atoms with Crippen LogP contribution in [-0.4, -0.2) is 23.8 Å². The van der Waals surface area contributed by atoms with Crippen LogP contribution in [0.2, 0.25) is 0 Å². The molecule has 0 bridgehead atoms. The number of nitrogens with one attached hydrogen (secondary N) is 1. The molecule has 1 heterocycles. The molecule has 176 valence electrons. The molecule has 0 atom stereocenters. The van der Waals surface area contributed by atoms with Crippen molar-refractivity contribution in [2.45, 2.75) is 13.5 Å². The molecule has 4 rings (SSSR count). The lowest BCUT2D eigenvalue weighted by Crippen LogP contribution is -2.22. The standard InChI is InChI=1S/C28H26N4O2S/c1-21(33)32(26-11-7-4-8-12-26)28-30-24(20-35-28)15-18-27(34)29-23-13-16-25(17-14-23)31(2)19-22-9-5-3-6-10-22/h3-18,20H,19H2,1-2H3,(H,29,34)/b18-15+. The Kier molecular flexibility index (Phi) is 7.70. The van der Waals surface area contributed by atoms with Crippen molar-refractivity contribution >= 4 is 51.4 Å². The van der Waals surface area contributed by atoms with Crippen LogP contribution in [0.3, 0.4) is 0 Å². The number of hydrogen-bond acceptors (Lipinski definition) is 5. The molecule has 35 heavy (non-hydrogen) atoms. The van der Waals surface area contributed by atoms with Crippen LogP contribution in [0.5, 0.6) is 0 Å². The van der Waals surface area contributed by atoms with E-state index >= 15 is 0 Å². The van der Waals surface area contributed by atoms with Gasteiger partial charge in [0.2, 0.25) is 11.8 Å². The predicted octanol–water partition coefficient (Wildman–Crippen LogP) is 6.12. The van der Waals surface area contributed by atoms with Crippen LogP contribution in [0.15, 0.2) is 96.4 Å². The second-order valence-corrected chi connectivity index (χ2v) is 8.79. The normalized spacial score (nSPS) is 10.8. The largest absolute Gasteiger partial charge is 0.370 e. The molecular weight excluding hydrogens is 456 g/mol. The number of carbonyl (C=O) groups excluding carboxylic acids is 2. The van der Waals surface area contributed by atoms with Gasteiger partial charge in [-0.3, -0.25) is 14.5 Å². The maximum Gasteiger partial charge on any atom is 0.248 e. The minimum Gasteiger partial charge on any atom is -0.370 e. The molecular formula is C28H26N4O2S. The molecule has 3 aromatic carbocycles. The molecule has 0 spiro atoms. The quantitative estimate of drug-likeness (QED) is 0.308. The summed E-state index contributed by atoms with van der Waals surface area (Å²) in [6.45, 7) is 2.30. The molecule has 0 saturated heterocycles. The van der Waals surface area contributed by atoms with E-state index in [1.165, 1.54) is 29.9 Å². The SMILES string of the molecule is CC(=O)N(c1ccccc1)c1nc(/C=C/C(=O)Nc2ccc(N(C)Cc3ccccc3)cc2)cs1. The van der Waals surface area contributed by atoms with Crippen molar-refractivity contribution in [1.29, 1.82) is 0 Å². The Morgan fingerprint density at radius 2 is 1.57 bits per heavy atom. The Balaban J connectivity index is 1.36. The smallest absolute Gasteiger partial charge is 0.248 e. The number of anilines is 4. The van der Waals surface area contributed by atoms with E-state index in [4.69, 9.17) is 0 Å². The maximum absolute atomic E-state index is 12.4. The van der Waals surface area contributed by atoms with Crippen molar-refractivity contribution in [2.24, 2.45) is 0 Å². The van der Waals surface area contributed by atoms with Crippen molar-refractivity contribution in [2.75, 3.05) is 22.2 Å². The number of nitrogens with zero attached hydrogens (tertiary/aromatic N) is 3. The molecule has 1 N–H and O–H groups in total. The minimum atomic E-state index is -0.253. The average molecular weight is 483 g/mol. The Bertz CT molecular complexity index is 1300. The van der Waals surface area contributed by atoms with E-state index in [0.29, 0.717) is 16.5 Å². The van der Waals surface area contributed by atoms with Gasteiger partial charge in [-0.2, -0.15) is 0 Å². The fourth-order valence-corrected chi connectivity index (χ4v) is 4.41. The van der Waals surface area contributed by atoms with Crippen LogP contribution in [0.25, 0.3) is 6.08 Å². The van der Waals surface area contributed by atoms with Gasteiger partial charge in [0.25, 0.3) is 0 Å². The number of rotatable bonds is 8. The second kappa shape index (κ2) is 11.3. The van der Waals surface area contributed by atoms with Crippen molar-refractivity contribution in [3.63, 3.8) is 0 Å². The van der Waals surface area contributed by atoms with E-state index in [1.54, 1.807) is 11.0 Å². The zero-order valence-electron chi connectivity index (χ0n) is 19.6. The van der Waals surface area contributed by atoms with Gasteiger partial charge in [0.05, 0.1) is 11.4 Å². The molecule has 4 aromatic rings. The summed E-state index contributed by atoms with van der Waals surface area (Å²) in [4.78, 5) is 32.8. The summed E-state index contributed by atoms with van der Waals surface area (Å²) in [6, 6.07) is 27.4. The maximum atomic E-state index is 12.4. The molecule has 0 unspecified atom stereocenters. The molecule has 0 aliphatic rings. The number of thiazole rings is 1. The van der Waals surface area contributed by atoms with Gasteiger partial charge >= 0.3 is 0 Å². The Morgan fingerprint density at radius 3 is 2.23 bits per heavy atom. The fourth-order valence-electron chi connectivity index (χ4n) is 3.55. The summed E-state index contributed by atoms with van der Waals surface area (Å²) >= 11 is 1.35. The summed E-state index contributed by atoms with van der Waals surface area (Å²) in [5.74, 6) is -0.381. The van der Waals surface area contributed by atoms with Gasteiger partial charge < -0.3 is 10.2 Å². The number of aromatic nitrogens is 1. The highest BCUT2D eigenvalue weighted by atomic mass is 32.1. The van der Waals surface area contributed by atoms with Gasteiger partial charge in [0.1, 0.15) is 0 Å². The van der Waals surface area contributed by atoms with Crippen LogP contribution in [0.4, 0.5) is 22.2 Å². The lowest BCUT2D eigenvalue weighted by Gasteiger charge is -2.19. The zero-order valence-corrected chi connectivity index (χ0v) is 20.4. The number of hydrogen-bond donors (Lipinski definition) is 1. The Labute approximate surface area is 209 Å². The third kappa shape index (κ3) is 6.43. The first-order chi connectivity index (χ1) is 17.0. The lowest BCUT2D eigenvalue weighted by molar-refractivity contribution is -0.116. The first kappa shape index (κ1) is 23.9. The van der Waals surface area contributed by atoms with Crippen LogP contribution in [0, 0.1) is 0 Å². The van der Waals surface area contributed by atoms with Crippen molar-refractivity contribution < 1.29 is 9.59 Å². The number of para-hydroxylation sites is 1. The summed E-state index contributed by atoms with van der Waals surface area (Å²) in [7, 11) is 2.04. The van der Waals surface area contributed by atoms with Crippen LogP contribution < -0.4 is 15.1 Å². The van der Waals surface area contributed by atoms with E-state index in [-0.39, 0.29) is 11.8 Å². The molecule has 0 fully saturated rings.